The van der Waals surface area contributed by atoms with Crippen LogP contribution < -0.4 is 9.64 Å². The number of carboxylic acids is 1. The first-order valence-corrected chi connectivity index (χ1v) is 7.37. The Morgan fingerprint density at radius 1 is 1.46 bits per heavy atom. The predicted octanol–water partition coefficient (Wildman–Crippen LogP) is 1.44. The molecular formula is C16H22N2O6. The maximum atomic E-state index is 11.9. The Bertz CT molecular complexity index is 602. The normalized spacial score (nSPS) is 12.5. The Kier molecular flexibility index (Phi) is 7.70. The zero-order chi connectivity index (χ0) is 18.1. The lowest BCUT2D eigenvalue weighted by molar-refractivity contribution is -0.121. The number of carboxylic acid groups (broad SMARTS) is 1. The van der Waals surface area contributed by atoms with E-state index in [0.717, 1.165) is 0 Å². The molecule has 2 N–H and O–H groups in total. The van der Waals surface area contributed by atoms with Crippen LogP contribution in [0.15, 0.2) is 17.3 Å². The van der Waals surface area contributed by atoms with Gasteiger partial charge in [0.25, 0.3) is 5.91 Å². The van der Waals surface area contributed by atoms with Gasteiger partial charge in [-0.1, -0.05) is 0 Å². The lowest BCUT2D eigenvalue weighted by Gasteiger charge is -2.30. The van der Waals surface area contributed by atoms with Gasteiger partial charge in [-0.3, -0.25) is 4.79 Å². The highest BCUT2D eigenvalue weighted by Crippen LogP contribution is 2.35. The summed E-state index contributed by atoms with van der Waals surface area (Å²) in [5.74, 6) is -0.703. The van der Waals surface area contributed by atoms with Gasteiger partial charge in [0, 0.05) is 19.9 Å². The highest BCUT2D eigenvalue weighted by Gasteiger charge is 2.27. The minimum atomic E-state index is -1.03. The summed E-state index contributed by atoms with van der Waals surface area (Å²) in [4.78, 5) is 28.7. The average Bonchev–Trinajstić information content (AvgIpc) is 2.56. The van der Waals surface area contributed by atoms with Crippen LogP contribution in [-0.4, -0.2) is 55.7 Å². The van der Waals surface area contributed by atoms with Crippen LogP contribution in [0.3, 0.4) is 0 Å². The molecule has 1 aliphatic rings. The molecule has 0 radical (unpaired) electrons. The molecule has 1 heterocycles. The number of hydrogen-bond acceptors (Lipinski definition) is 6. The highest BCUT2D eigenvalue weighted by molar-refractivity contribution is 6.00. The van der Waals surface area contributed by atoms with Crippen molar-refractivity contribution in [1.82, 2.24) is 0 Å². The molecule has 0 saturated heterocycles. The number of unbranched alkanes of at least 4 members (excludes halogenated alkanes) is 1. The van der Waals surface area contributed by atoms with Gasteiger partial charge in [0.05, 0.1) is 11.3 Å². The van der Waals surface area contributed by atoms with E-state index in [-0.39, 0.29) is 24.7 Å². The van der Waals surface area contributed by atoms with Crippen molar-refractivity contribution in [2.75, 3.05) is 31.8 Å². The maximum Gasteiger partial charge on any atom is 0.336 e. The first kappa shape index (κ1) is 19.4. The van der Waals surface area contributed by atoms with Crippen LogP contribution in [-0.2, 0) is 9.63 Å². The standard InChI is InChI=1S/C14H17NO5.C2H5NO/c1-9-6-12-11(7-10(9)14(18)19)15(4-2-3-5-16)13(17)8-20-12;1-3-4-2/h6-7,16H,2-5,8H2,1H3,(H,18,19);1H2,2H3. The molecular weight excluding hydrogens is 316 g/mol. The number of aliphatic hydroxyl groups is 1. The first-order chi connectivity index (χ1) is 11.5. The van der Waals surface area contributed by atoms with Crippen LogP contribution in [0, 0.1) is 6.92 Å². The molecule has 132 valence electrons. The van der Waals surface area contributed by atoms with E-state index in [0.29, 0.717) is 36.4 Å². The van der Waals surface area contributed by atoms with Gasteiger partial charge >= 0.3 is 5.97 Å². The van der Waals surface area contributed by atoms with Crippen molar-refractivity contribution in [3.63, 3.8) is 0 Å². The molecule has 0 spiro atoms. The molecule has 0 fully saturated rings. The van der Waals surface area contributed by atoms with E-state index in [2.05, 4.69) is 16.7 Å². The molecule has 24 heavy (non-hydrogen) atoms. The number of aryl methyl sites for hydroxylation is 1. The van der Waals surface area contributed by atoms with E-state index in [1.54, 1.807) is 13.0 Å². The molecule has 1 aromatic rings. The molecule has 0 bridgehead atoms. The second kappa shape index (κ2) is 9.51. The number of aliphatic hydroxyl groups excluding tert-OH is 1. The van der Waals surface area contributed by atoms with Crippen LogP contribution in [0.5, 0.6) is 5.75 Å². The summed E-state index contributed by atoms with van der Waals surface area (Å²) in [5.41, 5.74) is 1.25. The van der Waals surface area contributed by atoms with Crippen LogP contribution in [0.2, 0.25) is 0 Å². The Morgan fingerprint density at radius 3 is 2.67 bits per heavy atom. The van der Waals surface area contributed by atoms with E-state index in [4.69, 9.17) is 14.9 Å². The van der Waals surface area contributed by atoms with Gasteiger partial charge in [0.15, 0.2) is 6.61 Å². The van der Waals surface area contributed by atoms with Crippen LogP contribution >= 0.6 is 0 Å². The molecule has 2 rings (SSSR count). The topological polar surface area (TPSA) is 109 Å². The molecule has 0 atom stereocenters. The third-order valence-electron chi connectivity index (χ3n) is 3.40. The minimum absolute atomic E-state index is 0.0437. The van der Waals surface area contributed by atoms with Crippen molar-refractivity contribution < 1.29 is 29.4 Å². The largest absolute Gasteiger partial charge is 0.482 e. The zero-order valence-electron chi connectivity index (χ0n) is 13.8. The molecule has 0 aliphatic carbocycles. The Labute approximate surface area is 140 Å². The van der Waals surface area contributed by atoms with Crippen LogP contribution in [0.25, 0.3) is 0 Å². The SMILES string of the molecule is C=NOC.Cc1cc2c(cc1C(=O)O)N(CCCCO)C(=O)CO2. The van der Waals surface area contributed by atoms with Crippen molar-refractivity contribution in [1.29, 1.82) is 0 Å². The third kappa shape index (κ3) is 4.95. The van der Waals surface area contributed by atoms with Gasteiger partial charge < -0.3 is 24.7 Å². The smallest absolute Gasteiger partial charge is 0.336 e. The van der Waals surface area contributed by atoms with Gasteiger partial charge in [-0.05, 0) is 37.5 Å². The van der Waals surface area contributed by atoms with E-state index in [1.807, 2.05) is 0 Å². The number of benzene rings is 1. The fraction of sp³-hybridized carbons (Fsp3) is 0.438. The van der Waals surface area contributed by atoms with Gasteiger partial charge in [-0.2, -0.15) is 0 Å². The second-order valence-corrected chi connectivity index (χ2v) is 5.02. The number of amides is 1. The summed E-state index contributed by atoms with van der Waals surface area (Å²) in [7, 11) is 1.45. The summed E-state index contributed by atoms with van der Waals surface area (Å²) in [6, 6.07) is 3.12. The number of nitrogens with zero attached hydrogens (tertiary/aromatic N) is 2. The quantitative estimate of drug-likeness (QED) is 0.461. The van der Waals surface area contributed by atoms with Crippen molar-refractivity contribution in [2.24, 2.45) is 5.16 Å². The molecule has 1 aliphatic heterocycles. The molecule has 8 nitrogen and oxygen atoms in total. The maximum absolute atomic E-state index is 11.9. The number of oxime groups is 1. The minimum Gasteiger partial charge on any atom is -0.482 e. The third-order valence-corrected chi connectivity index (χ3v) is 3.40. The lowest BCUT2D eigenvalue weighted by atomic mass is 10.1. The summed E-state index contributed by atoms with van der Waals surface area (Å²) in [5, 5.41) is 20.9. The van der Waals surface area contributed by atoms with E-state index in [9.17, 15) is 9.59 Å². The molecule has 8 heteroatoms. The van der Waals surface area contributed by atoms with E-state index < -0.39 is 5.97 Å². The molecule has 0 aromatic heterocycles. The number of anilines is 1. The van der Waals surface area contributed by atoms with Crippen molar-refractivity contribution in [3.8, 4) is 5.75 Å². The summed E-state index contributed by atoms with van der Waals surface area (Å²) >= 11 is 0. The van der Waals surface area contributed by atoms with Gasteiger partial charge in [0.2, 0.25) is 0 Å². The van der Waals surface area contributed by atoms with Crippen molar-refractivity contribution in [2.45, 2.75) is 19.8 Å². The monoisotopic (exact) mass is 338 g/mol. The molecule has 0 unspecified atom stereocenters. The average molecular weight is 338 g/mol. The molecule has 0 saturated carbocycles. The molecule has 1 aromatic carbocycles. The fourth-order valence-corrected chi connectivity index (χ4v) is 2.21. The number of carbonyl (C=O) groups excluding carboxylic acids is 1. The van der Waals surface area contributed by atoms with Crippen LogP contribution in [0.4, 0.5) is 5.69 Å². The predicted molar refractivity (Wildman–Crippen MR) is 88.9 cm³/mol. The number of carbonyl (C=O) groups is 2. The Balaban J connectivity index is 0.000000648. The summed E-state index contributed by atoms with van der Waals surface area (Å²) < 4.78 is 5.35. The zero-order valence-corrected chi connectivity index (χ0v) is 13.8. The number of ether oxygens (including phenoxy) is 1. The van der Waals surface area contributed by atoms with Crippen molar-refractivity contribution in [3.05, 3.63) is 23.3 Å². The number of rotatable bonds is 6. The number of hydrogen-bond donors (Lipinski definition) is 2. The van der Waals surface area contributed by atoms with Crippen molar-refractivity contribution >= 4 is 24.3 Å². The Hall–Kier alpha value is -2.61. The molecule has 1 amide bonds. The van der Waals surface area contributed by atoms with Gasteiger partial charge in [-0.25, -0.2) is 4.79 Å². The summed E-state index contributed by atoms with van der Waals surface area (Å²) in [6.45, 7) is 5.17. The number of fused-ring (bicyclic) bond motifs is 1. The summed E-state index contributed by atoms with van der Waals surface area (Å²) in [6.07, 6.45) is 1.25. The number of aromatic carboxylic acids is 1. The Morgan fingerprint density at radius 2 is 2.12 bits per heavy atom. The van der Waals surface area contributed by atoms with E-state index >= 15 is 0 Å². The van der Waals surface area contributed by atoms with Gasteiger partial charge in [0.1, 0.15) is 12.9 Å². The first-order valence-electron chi connectivity index (χ1n) is 7.37. The van der Waals surface area contributed by atoms with Crippen LogP contribution in [0.1, 0.15) is 28.8 Å². The second-order valence-electron chi connectivity index (χ2n) is 5.02. The lowest BCUT2D eigenvalue weighted by Crippen LogP contribution is -2.39. The van der Waals surface area contributed by atoms with E-state index in [1.165, 1.54) is 18.1 Å². The van der Waals surface area contributed by atoms with Gasteiger partial charge in [-0.15, -0.1) is 5.16 Å². The highest BCUT2D eigenvalue weighted by atomic mass is 16.6. The fourth-order valence-electron chi connectivity index (χ4n) is 2.21.